The lowest BCUT2D eigenvalue weighted by Crippen LogP contribution is -2.25. The summed E-state index contributed by atoms with van der Waals surface area (Å²) >= 11 is 0. The van der Waals surface area contributed by atoms with Crippen LogP contribution in [0.2, 0.25) is 0 Å². The Balaban J connectivity index is 1.10. The van der Waals surface area contributed by atoms with E-state index in [0.29, 0.717) is 39.1 Å². The number of sulfone groups is 1. The quantitative estimate of drug-likeness (QED) is 0.179. The number of benzene rings is 8. The van der Waals surface area contributed by atoms with Crippen LogP contribution in [0.5, 0.6) is 0 Å². The molecule has 0 fully saturated rings. The molecule has 0 radical (unpaired) electrons. The van der Waals surface area contributed by atoms with Gasteiger partial charge in [0.1, 0.15) is 0 Å². The van der Waals surface area contributed by atoms with E-state index in [4.69, 9.17) is 15.0 Å². The van der Waals surface area contributed by atoms with Crippen LogP contribution < -0.4 is 0 Å². The van der Waals surface area contributed by atoms with Crippen LogP contribution in [-0.4, -0.2) is 23.4 Å². The molecule has 3 aliphatic rings. The van der Waals surface area contributed by atoms with Gasteiger partial charge in [0.2, 0.25) is 9.84 Å². The van der Waals surface area contributed by atoms with Crippen molar-refractivity contribution in [3.63, 3.8) is 0 Å². The second kappa shape index (κ2) is 12.1. The molecule has 1 spiro atoms. The monoisotopic (exact) mass is 761 g/mol. The molecule has 1 aliphatic heterocycles. The van der Waals surface area contributed by atoms with Gasteiger partial charge in [-0.1, -0.05) is 176 Å². The van der Waals surface area contributed by atoms with Crippen molar-refractivity contribution < 1.29 is 8.42 Å². The van der Waals surface area contributed by atoms with Gasteiger partial charge in [-0.2, -0.15) is 0 Å². The van der Waals surface area contributed by atoms with Gasteiger partial charge in [0.15, 0.2) is 17.5 Å². The van der Waals surface area contributed by atoms with Gasteiger partial charge in [-0.05, 0) is 67.8 Å². The molecule has 6 heteroatoms. The highest BCUT2D eigenvalue weighted by molar-refractivity contribution is 7.92. The zero-order chi connectivity index (χ0) is 38.6. The molecule has 0 bridgehead atoms. The molecular weight excluding hydrogens is 731 g/mol. The van der Waals surface area contributed by atoms with Crippen molar-refractivity contribution in [3.8, 4) is 78.7 Å². The first-order chi connectivity index (χ1) is 28.5. The maximum Gasteiger partial charge on any atom is 0.207 e. The molecule has 58 heavy (non-hydrogen) atoms. The molecule has 5 nitrogen and oxygen atoms in total. The maximum absolute atomic E-state index is 13.9. The van der Waals surface area contributed by atoms with Gasteiger partial charge in [0.25, 0.3) is 0 Å². The summed E-state index contributed by atoms with van der Waals surface area (Å²) < 4.78 is 27.7. The highest BCUT2D eigenvalue weighted by Gasteiger charge is 2.52. The lowest BCUT2D eigenvalue weighted by atomic mass is 9.70. The van der Waals surface area contributed by atoms with Crippen LogP contribution in [0.3, 0.4) is 0 Å². The summed E-state index contributed by atoms with van der Waals surface area (Å²) in [5.41, 5.74) is 15.0. The van der Waals surface area contributed by atoms with E-state index in [2.05, 4.69) is 115 Å². The van der Waals surface area contributed by atoms with Gasteiger partial charge in [-0.15, -0.1) is 0 Å². The summed E-state index contributed by atoms with van der Waals surface area (Å²) in [5.74, 6) is 1.42. The normalized spacial score (nSPS) is 14.3. The molecule has 12 rings (SSSR count). The Bertz CT molecular complexity index is 3260. The van der Waals surface area contributed by atoms with Crippen molar-refractivity contribution in [3.05, 3.63) is 210 Å². The minimum Gasteiger partial charge on any atom is -0.218 e. The third-order valence-electron chi connectivity index (χ3n) is 12.1. The molecule has 0 unspecified atom stereocenters. The molecule has 272 valence electrons. The van der Waals surface area contributed by atoms with Gasteiger partial charge in [-0.25, -0.2) is 23.4 Å². The van der Waals surface area contributed by atoms with Crippen LogP contribution in [0.25, 0.3) is 78.7 Å². The highest BCUT2D eigenvalue weighted by atomic mass is 32.2. The lowest BCUT2D eigenvalue weighted by Gasteiger charge is -2.30. The lowest BCUT2D eigenvalue weighted by molar-refractivity contribution is 0.598. The summed E-state index contributed by atoms with van der Waals surface area (Å²) in [5, 5.41) is 0. The summed E-state index contributed by atoms with van der Waals surface area (Å²) in [6, 6.07) is 63.9. The first-order valence-electron chi connectivity index (χ1n) is 19.4. The molecule has 2 heterocycles. The van der Waals surface area contributed by atoms with E-state index < -0.39 is 15.3 Å². The molecule has 8 aromatic carbocycles. The van der Waals surface area contributed by atoms with Crippen molar-refractivity contribution in [1.82, 2.24) is 15.0 Å². The molecule has 0 saturated carbocycles. The topological polar surface area (TPSA) is 72.8 Å². The van der Waals surface area contributed by atoms with Crippen LogP contribution in [0.4, 0.5) is 0 Å². The molecule has 2 aliphatic carbocycles. The smallest absolute Gasteiger partial charge is 0.207 e. The number of rotatable bonds is 4. The fourth-order valence-electron chi connectivity index (χ4n) is 9.68. The number of hydrogen-bond donors (Lipinski definition) is 0. The van der Waals surface area contributed by atoms with Crippen LogP contribution >= 0.6 is 0 Å². The Kier molecular flexibility index (Phi) is 6.87. The number of nitrogens with zero attached hydrogens (tertiary/aromatic N) is 3. The van der Waals surface area contributed by atoms with Crippen LogP contribution in [-0.2, 0) is 15.3 Å². The zero-order valence-corrected chi connectivity index (χ0v) is 31.8. The summed E-state index contributed by atoms with van der Waals surface area (Å²) in [7, 11) is -3.73. The maximum atomic E-state index is 13.9. The number of fused-ring (bicyclic) bond motifs is 13. The van der Waals surface area contributed by atoms with E-state index in [9.17, 15) is 8.42 Å². The summed E-state index contributed by atoms with van der Waals surface area (Å²) in [6.45, 7) is 0. The Labute approximate surface area is 336 Å². The third-order valence-corrected chi connectivity index (χ3v) is 14.0. The fraction of sp³-hybridized carbons (Fsp3) is 0.0192. The van der Waals surface area contributed by atoms with Crippen molar-refractivity contribution >= 4 is 9.84 Å². The Morgan fingerprint density at radius 1 is 0.328 bits per heavy atom. The first-order valence-corrected chi connectivity index (χ1v) is 20.8. The first kappa shape index (κ1) is 32.9. The van der Waals surface area contributed by atoms with Gasteiger partial charge in [-0.3, -0.25) is 0 Å². The summed E-state index contributed by atoms with van der Waals surface area (Å²) in [4.78, 5) is 16.1. The predicted octanol–water partition coefficient (Wildman–Crippen LogP) is 11.7. The van der Waals surface area contributed by atoms with Gasteiger partial charge in [0.05, 0.1) is 15.2 Å². The predicted molar refractivity (Wildman–Crippen MR) is 229 cm³/mol. The van der Waals surface area contributed by atoms with E-state index in [1.165, 1.54) is 33.4 Å². The SMILES string of the molecule is O=S1(=O)c2ccccc2-c2ccc(-c3nc(-c4ccc(-c5ccccc5)cc4)nc(-c4cccc5c4-c4ccccc4C54c5ccccc5-c5ccccc54)n3)cc21. The van der Waals surface area contributed by atoms with Crippen molar-refractivity contribution in [2.24, 2.45) is 0 Å². The van der Waals surface area contributed by atoms with Gasteiger partial charge >= 0.3 is 0 Å². The standard InChI is InChI=1S/C52H31N3O2S/c56-58(57)46-24-11-7-17-38(46)39-30-29-35(31-47(39)58)50-53-49(34-27-25-33(26-28-34)32-13-2-1-3-14-32)54-51(55-50)41-19-12-23-45-48(41)40-18-6-10-22-44(40)52(45)42-20-8-4-15-36(42)37-16-5-9-21-43(37)52/h1-31H. The summed E-state index contributed by atoms with van der Waals surface area (Å²) in [6.07, 6.45) is 0. The molecule has 1 aromatic heterocycles. The molecule has 0 N–H and O–H groups in total. The zero-order valence-electron chi connectivity index (χ0n) is 31.0. The fourth-order valence-corrected chi connectivity index (χ4v) is 11.4. The molecule has 9 aromatic rings. The average Bonchev–Trinajstić information content (AvgIpc) is 3.85. The van der Waals surface area contributed by atoms with Crippen molar-refractivity contribution in [1.29, 1.82) is 0 Å². The molecule has 0 amide bonds. The van der Waals surface area contributed by atoms with Crippen LogP contribution in [0.1, 0.15) is 22.3 Å². The van der Waals surface area contributed by atoms with Crippen LogP contribution in [0.15, 0.2) is 198 Å². The van der Waals surface area contributed by atoms with E-state index in [1.54, 1.807) is 18.2 Å². The third kappa shape index (κ3) is 4.46. The Hall–Kier alpha value is -7.28. The van der Waals surface area contributed by atoms with Crippen LogP contribution in [0, 0.1) is 0 Å². The van der Waals surface area contributed by atoms with Gasteiger partial charge in [0, 0.05) is 27.8 Å². The molecule has 0 atom stereocenters. The highest BCUT2D eigenvalue weighted by Crippen LogP contribution is 2.63. The Morgan fingerprint density at radius 2 is 0.793 bits per heavy atom. The second-order valence-corrected chi connectivity index (χ2v) is 17.0. The van der Waals surface area contributed by atoms with E-state index in [1.807, 2.05) is 54.6 Å². The van der Waals surface area contributed by atoms with Gasteiger partial charge < -0.3 is 0 Å². The number of aromatic nitrogens is 3. The average molecular weight is 762 g/mol. The molecule has 0 saturated heterocycles. The van der Waals surface area contributed by atoms with E-state index in [-0.39, 0.29) is 4.90 Å². The largest absolute Gasteiger partial charge is 0.218 e. The minimum atomic E-state index is -3.73. The van der Waals surface area contributed by atoms with E-state index >= 15 is 0 Å². The second-order valence-electron chi connectivity index (χ2n) is 15.1. The van der Waals surface area contributed by atoms with Crippen molar-refractivity contribution in [2.45, 2.75) is 15.2 Å². The number of hydrogen-bond acceptors (Lipinski definition) is 5. The minimum absolute atomic E-state index is 0.261. The Morgan fingerprint density at radius 3 is 1.50 bits per heavy atom. The van der Waals surface area contributed by atoms with Crippen molar-refractivity contribution in [2.75, 3.05) is 0 Å². The van der Waals surface area contributed by atoms with E-state index in [0.717, 1.165) is 33.4 Å². The molecular formula is C52H31N3O2S.